The van der Waals surface area contributed by atoms with Crippen molar-refractivity contribution in [3.63, 3.8) is 0 Å². The Morgan fingerprint density at radius 2 is 2.36 bits per heavy atom. The second-order valence-electron chi connectivity index (χ2n) is 2.89. The van der Waals surface area contributed by atoms with Crippen molar-refractivity contribution in [2.75, 3.05) is 0 Å². The van der Waals surface area contributed by atoms with Gasteiger partial charge in [-0.2, -0.15) is 4.91 Å². The molecule has 1 unspecified atom stereocenters. The van der Waals surface area contributed by atoms with E-state index in [-0.39, 0.29) is 6.04 Å². The van der Waals surface area contributed by atoms with Crippen LogP contribution in [0.1, 0.15) is 24.1 Å². The van der Waals surface area contributed by atoms with Crippen LogP contribution < -0.4 is 0 Å². The van der Waals surface area contributed by atoms with Crippen LogP contribution in [0.25, 0.3) is 6.08 Å². The van der Waals surface area contributed by atoms with Gasteiger partial charge < -0.3 is 0 Å². The Morgan fingerprint density at radius 3 is 2.93 bits per heavy atom. The lowest BCUT2D eigenvalue weighted by Crippen LogP contribution is -1.88. The van der Waals surface area contributed by atoms with E-state index in [1.807, 2.05) is 24.3 Å². The predicted octanol–water partition coefficient (Wildman–Crippen LogP) is 4.45. The van der Waals surface area contributed by atoms with Crippen molar-refractivity contribution >= 4 is 33.6 Å². The maximum atomic E-state index is 10.3. The maximum absolute atomic E-state index is 10.3. The molecule has 0 aliphatic heterocycles. The van der Waals surface area contributed by atoms with E-state index in [1.54, 1.807) is 13.0 Å². The minimum atomic E-state index is -0.322. The van der Waals surface area contributed by atoms with Crippen molar-refractivity contribution in [3.05, 3.63) is 44.2 Å². The molecule has 4 heteroatoms. The van der Waals surface area contributed by atoms with Crippen molar-refractivity contribution in [2.24, 2.45) is 5.18 Å². The third-order valence-corrected chi connectivity index (χ3v) is 2.17. The first-order chi connectivity index (χ1) is 6.63. The molecule has 0 aliphatic carbocycles. The van der Waals surface area contributed by atoms with Crippen LogP contribution in [0.3, 0.4) is 0 Å². The third-order valence-electron chi connectivity index (χ3n) is 1.83. The molecule has 0 saturated carbocycles. The van der Waals surface area contributed by atoms with Gasteiger partial charge in [-0.1, -0.05) is 35.0 Å². The zero-order valence-electron chi connectivity index (χ0n) is 7.58. The van der Waals surface area contributed by atoms with Crippen LogP contribution in [0.15, 0.2) is 33.4 Å². The highest BCUT2D eigenvalue weighted by molar-refractivity contribution is 9.12. The lowest BCUT2D eigenvalue weighted by atomic mass is 10.1. The summed E-state index contributed by atoms with van der Waals surface area (Å²) >= 11 is 8.80. The van der Waals surface area contributed by atoms with Gasteiger partial charge in [-0.15, -0.1) is 0 Å². The lowest BCUT2D eigenvalue weighted by molar-refractivity contribution is 0.811. The summed E-state index contributed by atoms with van der Waals surface area (Å²) in [7, 11) is 0. The van der Waals surface area contributed by atoms with Crippen molar-refractivity contribution in [2.45, 2.75) is 13.0 Å². The smallest absolute Gasteiger partial charge is 0.114 e. The summed E-state index contributed by atoms with van der Waals surface area (Å²) in [6, 6.07) is 7.21. The van der Waals surface area contributed by atoms with Gasteiger partial charge in [0.2, 0.25) is 0 Å². The van der Waals surface area contributed by atoms with E-state index in [0.29, 0.717) is 3.94 Å². The van der Waals surface area contributed by atoms with Crippen molar-refractivity contribution in [1.29, 1.82) is 0 Å². The quantitative estimate of drug-likeness (QED) is 0.749. The van der Waals surface area contributed by atoms with Gasteiger partial charge in [0.1, 0.15) is 6.04 Å². The Morgan fingerprint density at radius 1 is 1.64 bits per heavy atom. The topological polar surface area (TPSA) is 29.4 Å². The molecule has 0 aromatic heterocycles. The van der Waals surface area contributed by atoms with E-state index < -0.39 is 0 Å². The number of rotatable bonds is 3. The van der Waals surface area contributed by atoms with Gasteiger partial charge in [0.25, 0.3) is 0 Å². The Labute approximate surface area is 96.1 Å². The van der Waals surface area contributed by atoms with Crippen molar-refractivity contribution in [1.82, 2.24) is 0 Å². The second kappa shape index (κ2) is 5.27. The molecule has 0 bridgehead atoms. The molecule has 0 spiro atoms. The molecule has 0 aliphatic rings. The average Bonchev–Trinajstić information content (AvgIpc) is 2.16. The number of nitrogens with zero attached hydrogens (tertiary/aromatic N) is 1. The molecule has 0 radical (unpaired) electrons. The fourth-order valence-corrected chi connectivity index (χ4v) is 1.49. The molecule has 0 saturated heterocycles. The maximum Gasteiger partial charge on any atom is 0.114 e. The summed E-state index contributed by atoms with van der Waals surface area (Å²) in [5, 5.41) is 2.96. The monoisotopic (exact) mass is 273 g/mol. The summed E-state index contributed by atoms with van der Waals surface area (Å²) in [6.07, 6.45) is 1.77. The van der Waals surface area contributed by atoms with Gasteiger partial charge in [-0.25, -0.2) is 0 Å². The molecule has 1 rings (SSSR count). The fourth-order valence-electron chi connectivity index (χ4n) is 1.10. The first-order valence-electron chi connectivity index (χ1n) is 4.08. The van der Waals surface area contributed by atoms with E-state index in [0.717, 1.165) is 11.1 Å². The third kappa shape index (κ3) is 3.24. The first-order valence-corrected chi connectivity index (χ1v) is 5.25. The van der Waals surface area contributed by atoms with Gasteiger partial charge in [0, 0.05) is 0 Å². The summed E-state index contributed by atoms with van der Waals surface area (Å²) in [5.74, 6) is 0. The Hall–Kier alpha value is -0.670. The number of nitroso groups, excluding NO2 is 1. The molecule has 1 atom stereocenters. The minimum absolute atomic E-state index is 0.322. The molecular formula is C10H9BrClNO. The van der Waals surface area contributed by atoms with Crippen molar-refractivity contribution < 1.29 is 0 Å². The van der Waals surface area contributed by atoms with Crippen LogP contribution in [0.4, 0.5) is 0 Å². The number of halogens is 2. The van der Waals surface area contributed by atoms with Gasteiger partial charge in [0.05, 0.1) is 3.94 Å². The fraction of sp³-hybridized carbons (Fsp3) is 0.200. The number of hydrogen-bond donors (Lipinski definition) is 0. The molecule has 1 aromatic rings. The van der Waals surface area contributed by atoms with Crippen LogP contribution in [0.2, 0.25) is 0 Å². The second-order valence-corrected chi connectivity index (χ2v) is 4.60. The van der Waals surface area contributed by atoms with Gasteiger partial charge in [-0.3, -0.25) is 0 Å². The SMILES string of the molecule is CC(N=O)c1cccc(C=C(Cl)Br)c1. The van der Waals surface area contributed by atoms with Crippen LogP contribution in [0, 0.1) is 4.91 Å². The van der Waals surface area contributed by atoms with Crippen LogP contribution >= 0.6 is 27.5 Å². The molecule has 0 N–H and O–H groups in total. The van der Waals surface area contributed by atoms with Crippen molar-refractivity contribution in [3.8, 4) is 0 Å². The highest BCUT2D eigenvalue weighted by atomic mass is 79.9. The Bertz CT molecular complexity index is 361. The standard InChI is InChI=1S/C10H9BrClNO/c1-7(13-14)9-4-2-3-8(5-9)6-10(11)12/h2-7H,1H3. The summed E-state index contributed by atoms with van der Waals surface area (Å²) in [5.41, 5.74) is 1.83. The van der Waals surface area contributed by atoms with Crippen LogP contribution in [-0.2, 0) is 0 Å². The Balaban J connectivity index is 3.01. The number of hydrogen-bond acceptors (Lipinski definition) is 2. The summed E-state index contributed by atoms with van der Waals surface area (Å²) < 4.78 is 0.529. The van der Waals surface area contributed by atoms with E-state index in [2.05, 4.69) is 21.1 Å². The molecule has 0 heterocycles. The van der Waals surface area contributed by atoms with Crippen LogP contribution in [-0.4, -0.2) is 0 Å². The average molecular weight is 275 g/mol. The number of benzene rings is 1. The predicted molar refractivity (Wildman–Crippen MR) is 63.4 cm³/mol. The van der Waals surface area contributed by atoms with Gasteiger partial charge >= 0.3 is 0 Å². The normalized spacial score (nSPS) is 13.8. The van der Waals surface area contributed by atoms with E-state index in [1.165, 1.54) is 0 Å². The zero-order valence-corrected chi connectivity index (χ0v) is 9.92. The van der Waals surface area contributed by atoms with Gasteiger partial charge in [-0.05, 0) is 46.1 Å². The molecule has 2 nitrogen and oxygen atoms in total. The minimum Gasteiger partial charge on any atom is -0.150 e. The first kappa shape index (κ1) is 11.4. The van der Waals surface area contributed by atoms with Crippen LogP contribution in [0.5, 0.6) is 0 Å². The molecule has 1 aromatic carbocycles. The highest BCUT2D eigenvalue weighted by Crippen LogP contribution is 2.21. The summed E-state index contributed by atoms with van der Waals surface area (Å²) in [4.78, 5) is 10.3. The highest BCUT2D eigenvalue weighted by Gasteiger charge is 2.04. The molecule has 74 valence electrons. The summed E-state index contributed by atoms with van der Waals surface area (Å²) in [6.45, 7) is 1.76. The van der Waals surface area contributed by atoms with Gasteiger partial charge in [0.15, 0.2) is 0 Å². The lowest BCUT2D eigenvalue weighted by Gasteiger charge is -2.03. The Kier molecular flexibility index (Phi) is 4.29. The molecule has 14 heavy (non-hydrogen) atoms. The van der Waals surface area contributed by atoms with E-state index in [9.17, 15) is 4.91 Å². The largest absolute Gasteiger partial charge is 0.150 e. The van der Waals surface area contributed by atoms with E-state index >= 15 is 0 Å². The molecule has 0 fully saturated rings. The van der Waals surface area contributed by atoms with E-state index in [4.69, 9.17) is 11.6 Å². The zero-order chi connectivity index (χ0) is 10.6. The molecular weight excluding hydrogens is 265 g/mol. The molecule has 0 amide bonds.